The van der Waals surface area contributed by atoms with E-state index < -0.39 is 0 Å². The molecule has 1 heterocycles. The Balaban J connectivity index is 2.03. The van der Waals surface area contributed by atoms with Gasteiger partial charge in [-0.2, -0.15) is 0 Å². The lowest BCUT2D eigenvalue weighted by atomic mass is 9.91. The van der Waals surface area contributed by atoms with Gasteiger partial charge in [-0.1, -0.05) is 18.1 Å². The Hall–Kier alpha value is -2.08. The predicted octanol–water partition coefficient (Wildman–Crippen LogP) is 1.26. The number of nitrogens with one attached hydrogen (secondary N) is 1. The van der Waals surface area contributed by atoms with Gasteiger partial charge < -0.3 is 0 Å². The minimum atomic E-state index is -0.172. The fourth-order valence-electron chi connectivity index (χ4n) is 1.95. The Morgan fingerprint density at radius 2 is 2.00 bits per heavy atom. The van der Waals surface area contributed by atoms with Crippen LogP contribution >= 0.6 is 0 Å². The lowest BCUT2D eigenvalue weighted by Crippen LogP contribution is -2.41. The highest BCUT2D eigenvalue weighted by Gasteiger charge is 2.26. The molecule has 0 aliphatic carbocycles. The van der Waals surface area contributed by atoms with E-state index in [2.05, 4.69) is 11.2 Å². The van der Waals surface area contributed by atoms with Gasteiger partial charge in [0.1, 0.15) is 0 Å². The molecule has 1 aromatic rings. The molecule has 1 atom stereocenters. The first kappa shape index (κ1) is 11.4. The van der Waals surface area contributed by atoms with E-state index >= 15 is 0 Å². The number of benzene rings is 1. The summed E-state index contributed by atoms with van der Waals surface area (Å²) in [5.74, 6) is 2.10. The van der Waals surface area contributed by atoms with Crippen molar-refractivity contribution in [2.45, 2.75) is 19.3 Å². The summed E-state index contributed by atoms with van der Waals surface area (Å²) in [6, 6.07) is 7.58. The van der Waals surface area contributed by atoms with Crippen LogP contribution in [0.1, 0.15) is 24.0 Å². The van der Waals surface area contributed by atoms with Gasteiger partial charge in [0.05, 0.1) is 0 Å². The second-order valence-electron chi connectivity index (χ2n) is 4.19. The van der Waals surface area contributed by atoms with Crippen LogP contribution in [-0.4, -0.2) is 11.8 Å². The number of hydrogen-bond acceptors (Lipinski definition) is 2. The van der Waals surface area contributed by atoms with Crippen LogP contribution in [0.15, 0.2) is 24.3 Å². The van der Waals surface area contributed by atoms with Crippen molar-refractivity contribution >= 4 is 11.8 Å². The number of imide groups is 1. The smallest absolute Gasteiger partial charge is 0.230 e. The van der Waals surface area contributed by atoms with Gasteiger partial charge in [-0.05, 0) is 30.5 Å². The van der Waals surface area contributed by atoms with Crippen molar-refractivity contribution in [2.24, 2.45) is 5.92 Å². The number of amides is 2. The molecule has 1 aromatic carbocycles. The third kappa shape index (κ3) is 2.73. The number of rotatable bonds is 2. The van der Waals surface area contributed by atoms with Gasteiger partial charge in [0, 0.05) is 17.9 Å². The summed E-state index contributed by atoms with van der Waals surface area (Å²) >= 11 is 0. The largest absolute Gasteiger partial charge is 0.296 e. The lowest BCUT2D eigenvalue weighted by Gasteiger charge is -2.20. The van der Waals surface area contributed by atoms with E-state index in [9.17, 15) is 9.59 Å². The van der Waals surface area contributed by atoms with Crippen LogP contribution in [0.5, 0.6) is 0 Å². The first-order chi connectivity index (χ1) is 8.19. The fourth-order valence-corrected chi connectivity index (χ4v) is 1.95. The zero-order valence-electron chi connectivity index (χ0n) is 9.40. The highest BCUT2D eigenvalue weighted by Crippen LogP contribution is 2.18. The Kier molecular flexibility index (Phi) is 3.24. The molecule has 0 unspecified atom stereocenters. The monoisotopic (exact) mass is 227 g/mol. The molecule has 17 heavy (non-hydrogen) atoms. The van der Waals surface area contributed by atoms with E-state index in [0.717, 1.165) is 11.1 Å². The van der Waals surface area contributed by atoms with Crippen molar-refractivity contribution in [1.29, 1.82) is 0 Å². The van der Waals surface area contributed by atoms with Crippen LogP contribution in [0, 0.1) is 18.3 Å². The number of carbonyl (C=O) groups is 2. The van der Waals surface area contributed by atoms with Crippen LogP contribution in [-0.2, 0) is 16.0 Å². The summed E-state index contributed by atoms with van der Waals surface area (Å²) in [6.07, 6.45) is 6.98. The number of carbonyl (C=O) groups excluding carboxylic acids is 2. The molecule has 0 bridgehead atoms. The summed E-state index contributed by atoms with van der Waals surface area (Å²) in [6.45, 7) is 0. The van der Waals surface area contributed by atoms with Crippen LogP contribution in [0.25, 0.3) is 0 Å². The van der Waals surface area contributed by atoms with E-state index in [1.165, 1.54) is 0 Å². The first-order valence-electron chi connectivity index (χ1n) is 5.58. The summed E-state index contributed by atoms with van der Waals surface area (Å²) in [5.41, 5.74) is 1.90. The fraction of sp³-hybridized carbons (Fsp3) is 0.286. The summed E-state index contributed by atoms with van der Waals surface area (Å²) < 4.78 is 0. The molecule has 2 amide bonds. The maximum atomic E-state index is 11.6. The molecule has 1 aliphatic heterocycles. The molecule has 0 spiro atoms. The van der Waals surface area contributed by atoms with Crippen molar-refractivity contribution in [2.75, 3.05) is 0 Å². The van der Waals surface area contributed by atoms with Gasteiger partial charge in [0.15, 0.2) is 0 Å². The lowest BCUT2D eigenvalue weighted by molar-refractivity contribution is -0.136. The minimum absolute atomic E-state index is 0.107. The van der Waals surface area contributed by atoms with Crippen molar-refractivity contribution in [3.63, 3.8) is 0 Å². The summed E-state index contributed by atoms with van der Waals surface area (Å²) in [7, 11) is 0. The van der Waals surface area contributed by atoms with Crippen molar-refractivity contribution in [3.8, 4) is 12.3 Å². The van der Waals surface area contributed by atoms with Crippen molar-refractivity contribution < 1.29 is 9.59 Å². The molecule has 0 saturated carbocycles. The van der Waals surface area contributed by atoms with Crippen LogP contribution in [0.3, 0.4) is 0 Å². The summed E-state index contributed by atoms with van der Waals surface area (Å²) in [4.78, 5) is 22.6. The molecule has 0 radical (unpaired) electrons. The average molecular weight is 227 g/mol. The third-order valence-corrected chi connectivity index (χ3v) is 2.96. The normalized spacial score (nSPS) is 19.6. The molecule has 2 rings (SSSR count). The van der Waals surface area contributed by atoms with E-state index in [1.54, 1.807) is 0 Å². The number of piperidine rings is 1. The second-order valence-corrected chi connectivity index (χ2v) is 4.19. The van der Waals surface area contributed by atoms with Crippen LogP contribution in [0.2, 0.25) is 0 Å². The number of hydrogen-bond donors (Lipinski definition) is 1. The van der Waals surface area contributed by atoms with Crippen LogP contribution < -0.4 is 5.32 Å². The summed E-state index contributed by atoms with van der Waals surface area (Å²) in [5, 5.41) is 2.36. The zero-order chi connectivity index (χ0) is 12.3. The molecule has 1 fully saturated rings. The molecular formula is C14H13NO2. The van der Waals surface area contributed by atoms with Gasteiger partial charge >= 0.3 is 0 Å². The molecule has 1 saturated heterocycles. The average Bonchev–Trinajstić information content (AvgIpc) is 2.34. The molecule has 0 aromatic heterocycles. The molecule has 86 valence electrons. The quantitative estimate of drug-likeness (QED) is 0.610. The standard InChI is InChI=1S/C14H13NO2/c1-2-10-3-5-11(6-4-10)9-12-7-8-13(16)15-14(12)17/h1,3-6,12H,7-9H2,(H,15,16,17)/t12-/m1/s1. The van der Waals surface area contributed by atoms with Gasteiger partial charge in [-0.25, -0.2) is 0 Å². The molecular weight excluding hydrogens is 214 g/mol. The SMILES string of the molecule is C#Cc1ccc(C[C@H]2CCC(=O)NC2=O)cc1. The molecule has 1 N–H and O–H groups in total. The van der Waals surface area contributed by atoms with Crippen molar-refractivity contribution in [1.82, 2.24) is 5.32 Å². The van der Waals surface area contributed by atoms with Crippen molar-refractivity contribution in [3.05, 3.63) is 35.4 Å². The maximum absolute atomic E-state index is 11.6. The van der Waals surface area contributed by atoms with E-state index in [4.69, 9.17) is 6.42 Å². The van der Waals surface area contributed by atoms with Gasteiger partial charge in [0.25, 0.3) is 0 Å². The second kappa shape index (κ2) is 4.84. The highest BCUT2D eigenvalue weighted by atomic mass is 16.2. The first-order valence-corrected chi connectivity index (χ1v) is 5.58. The minimum Gasteiger partial charge on any atom is -0.296 e. The van der Waals surface area contributed by atoms with E-state index in [0.29, 0.717) is 19.3 Å². The van der Waals surface area contributed by atoms with Gasteiger partial charge in [0.2, 0.25) is 11.8 Å². The maximum Gasteiger partial charge on any atom is 0.230 e. The Labute approximate surface area is 100 Å². The third-order valence-electron chi connectivity index (χ3n) is 2.96. The van der Waals surface area contributed by atoms with Gasteiger partial charge in [-0.3, -0.25) is 14.9 Å². The van der Waals surface area contributed by atoms with Crippen LogP contribution in [0.4, 0.5) is 0 Å². The Bertz CT molecular complexity index is 482. The Morgan fingerprint density at radius 3 is 2.59 bits per heavy atom. The molecule has 3 heteroatoms. The Morgan fingerprint density at radius 1 is 1.29 bits per heavy atom. The topological polar surface area (TPSA) is 46.2 Å². The molecule has 3 nitrogen and oxygen atoms in total. The number of terminal acetylenes is 1. The van der Waals surface area contributed by atoms with E-state index in [-0.39, 0.29) is 17.7 Å². The van der Waals surface area contributed by atoms with E-state index in [1.807, 2.05) is 24.3 Å². The predicted molar refractivity (Wildman–Crippen MR) is 64.0 cm³/mol. The van der Waals surface area contributed by atoms with Gasteiger partial charge in [-0.15, -0.1) is 6.42 Å². The molecule has 1 aliphatic rings. The zero-order valence-corrected chi connectivity index (χ0v) is 9.40. The highest BCUT2D eigenvalue weighted by molar-refractivity contribution is 5.98.